The minimum atomic E-state index is -0.637. The van der Waals surface area contributed by atoms with Gasteiger partial charge in [0.15, 0.2) is 0 Å². The zero-order valence-electron chi connectivity index (χ0n) is 7.50. The van der Waals surface area contributed by atoms with E-state index in [-0.39, 0.29) is 11.3 Å². The molecule has 0 aromatic heterocycles. The van der Waals surface area contributed by atoms with Crippen LogP contribution in [0.1, 0.15) is 26.7 Å². The van der Waals surface area contributed by atoms with Crippen molar-refractivity contribution in [3.05, 3.63) is 11.6 Å². The average molecular weight is 166 g/mol. The van der Waals surface area contributed by atoms with Crippen molar-refractivity contribution in [1.29, 1.82) is 0 Å². The summed E-state index contributed by atoms with van der Waals surface area (Å²) in [6.07, 6.45) is 4.57. The van der Waals surface area contributed by atoms with Crippen molar-refractivity contribution < 1.29 is 9.90 Å². The SMILES string of the molecule is CC1(C)[C@H](C(=O)O)[C@@H]1C=C1CC1. The van der Waals surface area contributed by atoms with Gasteiger partial charge in [-0.2, -0.15) is 0 Å². The number of carbonyl (C=O) groups is 1. The van der Waals surface area contributed by atoms with Gasteiger partial charge in [0, 0.05) is 0 Å². The Morgan fingerprint density at radius 1 is 1.58 bits per heavy atom. The van der Waals surface area contributed by atoms with Crippen LogP contribution in [0, 0.1) is 17.3 Å². The molecule has 0 heterocycles. The average Bonchev–Trinajstić information content (AvgIpc) is 2.75. The molecule has 12 heavy (non-hydrogen) atoms. The van der Waals surface area contributed by atoms with E-state index in [1.807, 2.05) is 13.8 Å². The summed E-state index contributed by atoms with van der Waals surface area (Å²) < 4.78 is 0. The second kappa shape index (κ2) is 2.12. The molecular weight excluding hydrogens is 152 g/mol. The lowest BCUT2D eigenvalue weighted by Crippen LogP contribution is -2.02. The fourth-order valence-electron chi connectivity index (χ4n) is 1.95. The summed E-state index contributed by atoms with van der Waals surface area (Å²) in [5, 5.41) is 8.86. The number of hydrogen-bond donors (Lipinski definition) is 1. The lowest BCUT2D eigenvalue weighted by atomic mass is 10.1. The molecule has 0 aromatic carbocycles. The van der Waals surface area contributed by atoms with E-state index in [1.165, 1.54) is 18.4 Å². The minimum Gasteiger partial charge on any atom is -0.481 e. The predicted octanol–water partition coefficient (Wildman–Crippen LogP) is 2.06. The van der Waals surface area contributed by atoms with Gasteiger partial charge in [0.2, 0.25) is 0 Å². The quantitative estimate of drug-likeness (QED) is 0.637. The summed E-state index contributed by atoms with van der Waals surface area (Å²) in [6, 6.07) is 0. The summed E-state index contributed by atoms with van der Waals surface area (Å²) in [4.78, 5) is 10.8. The molecule has 2 heteroatoms. The molecule has 2 atom stereocenters. The van der Waals surface area contributed by atoms with Gasteiger partial charge in [-0.3, -0.25) is 4.79 Å². The molecule has 66 valence electrons. The Kier molecular flexibility index (Phi) is 1.39. The molecule has 1 N–H and O–H groups in total. The fourth-order valence-corrected chi connectivity index (χ4v) is 1.95. The van der Waals surface area contributed by atoms with Crippen molar-refractivity contribution in [2.75, 3.05) is 0 Å². The molecule has 2 aliphatic carbocycles. The summed E-state index contributed by atoms with van der Waals surface area (Å²) in [7, 11) is 0. The smallest absolute Gasteiger partial charge is 0.307 e. The zero-order chi connectivity index (χ0) is 8.93. The van der Waals surface area contributed by atoms with Crippen LogP contribution in [0.25, 0.3) is 0 Å². The van der Waals surface area contributed by atoms with Crippen LogP contribution in [0.2, 0.25) is 0 Å². The number of carboxylic acids is 1. The normalized spacial score (nSPS) is 36.0. The Labute approximate surface area is 72.3 Å². The van der Waals surface area contributed by atoms with E-state index < -0.39 is 5.97 Å². The number of allylic oxidation sites excluding steroid dienone is 2. The Morgan fingerprint density at radius 2 is 2.17 bits per heavy atom. The maximum atomic E-state index is 10.8. The highest BCUT2D eigenvalue weighted by molar-refractivity contribution is 5.76. The molecule has 2 aliphatic rings. The lowest BCUT2D eigenvalue weighted by molar-refractivity contribution is -0.139. The Morgan fingerprint density at radius 3 is 2.50 bits per heavy atom. The molecule has 0 amide bonds. The second-order valence-electron chi connectivity index (χ2n) is 4.49. The molecule has 0 spiro atoms. The highest BCUT2D eigenvalue weighted by Crippen LogP contribution is 2.60. The van der Waals surface area contributed by atoms with Gasteiger partial charge in [-0.25, -0.2) is 0 Å². The highest BCUT2D eigenvalue weighted by Gasteiger charge is 2.61. The number of carboxylic acid groups (broad SMARTS) is 1. The lowest BCUT2D eigenvalue weighted by Gasteiger charge is -1.95. The fraction of sp³-hybridized carbons (Fsp3) is 0.700. The Hall–Kier alpha value is -0.790. The predicted molar refractivity (Wildman–Crippen MR) is 45.7 cm³/mol. The third-order valence-electron chi connectivity index (χ3n) is 3.13. The maximum Gasteiger partial charge on any atom is 0.307 e. The van der Waals surface area contributed by atoms with Gasteiger partial charge in [0.1, 0.15) is 0 Å². The van der Waals surface area contributed by atoms with Crippen molar-refractivity contribution in [2.24, 2.45) is 17.3 Å². The van der Waals surface area contributed by atoms with Crippen molar-refractivity contribution in [3.63, 3.8) is 0 Å². The molecule has 0 aromatic rings. The van der Waals surface area contributed by atoms with Crippen LogP contribution in [-0.4, -0.2) is 11.1 Å². The first-order chi connectivity index (χ1) is 5.53. The van der Waals surface area contributed by atoms with Crippen molar-refractivity contribution in [1.82, 2.24) is 0 Å². The van der Waals surface area contributed by atoms with E-state index >= 15 is 0 Å². The van der Waals surface area contributed by atoms with Crippen LogP contribution in [-0.2, 0) is 4.79 Å². The topological polar surface area (TPSA) is 37.3 Å². The number of hydrogen-bond acceptors (Lipinski definition) is 1. The van der Waals surface area contributed by atoms with Crippen LogP contribution >= 0.6 is 0 Å². The first kappa shape index (κ1) is 7.84. The number of rotatable bonds is 2. The third-order valence-corrected chi connectivity index (χ3v) is 3.13. The first-order valence-corrected chi connectivity index (χ1v) is 4.46. The van der Waals surface area contributed by atoms with E-state index in [1.54, 1.807) is 0 Å². The molecular formula is C10H14O2. The molecule has 0 bridgehead atoms. The minimum absolute atomic E-state index is 0.00141. The summed E-state index contributed by atoms with van der Waals surface area (Å²) in [5.74, 6) is -0.472. The van der Waals surface area contributed by atoms with E-state index in [2.05, 4.69) is 6.08 Å². The Bertz CT molecular complexity index is 257. The van der Waals surface area contributed by atoms with Crippen LogP contribution in [0.4, 0.5) is 0 Å². The molecule has 0 saturated heterocycles. The van der Waals surface area contributed by atoms with E-state index in [0.29, 0.717) is 5.92 Å². The van der Waals surface area contributed by atoms with Gasteiger partial charge >= 0.3 is 5.97 Å². The molecule has 0 aliphatic heterocycles. The first-order valence-electron chi connectivity index (χ1n) is 4.46. The van der Waals surface area contributed by atoms with E-state index in [0.717, 1.165) is 0 Å². The summed E-state index contributed by atoms with van der Waals surface area (Å²) >= 11 is 0. The van der Waals surface area contributed by atoms with Crippen LogP contribution in [0.5, 0.6) is 0 Å². The van der Waals surface area contributed by atoms with Crippen molar-refractivity contribution in [2.45, 2.75) is 26.7 Å². The second-order valence-corrected chi connectivity index (χ2v) is 4.49. The Balaban J connectivity index is 2.10. The molecule has 2 nitrogen and oxygen atoms in total. The number of aliphatic carboxylic acids is 1. The summed E-state index contributed by atoms with van der Waals surface area (Å²) in [5.41, 5.74) is 1.46. The van der Waals surface area contributed by atoms with Crippen molar-refractivity contribution >= 4 is 5.97 Å². The molecule has 2 rings (SSSR count). The largest absolute Gasteiger partial charge is 0.481 e. The molecule has 2 saturated carbocycles. The standard InChI is InChI=1S/C10H14O2/c1-10(2)7(5-6-3-4-6)8(10)9(11)12/h5,7-8H,3-4H2,1-2H3,(H,11,12)/t7-,8-/m0/s1. The van der Waals surface area contributed by atoms with Crippen molar-refractivity contribution in [3.8, 4) is 0 Å². The van der Waals surface area contributed by atoms with E-state index in [9.17, 15) is 4.79 Å². The van der Waals surface area contributed by atoms with Gasteiger partial charge in [-0.05, 0) is 24.2 Å². The third kappa shape index (κ3) is 1.06. The summed E-state index contributed by atoms with van der Waals surface area (Å²) in [6.45, 7) is 4.08. The maximum absolute atomic E-state index is 10.8. The highest BCUT2D eigenvalue weighted by atomic mass is 16.4. The van der Waals surface area contributed by atoms with Crippen LogP contribution in [0.3, 0.4) is 0 Å². The van der Waals surface area contributed by atoms with Crippen LogP contribution < -0.4 is 0 Å². The monoisotopic (exact) mass is 166 g/mol. The zero-order valence-corrected chi connectivity index (χ0v) is 7.50. The van der Waals surface area contributed by atoms with Gasteiger partial charge < -0.3 is 5.11 Å². The van der Waals surface area contributed by atoms with Gasteiger partial charge in [-0.1, -0.05) is 25.5 Å². The van der Waals surface area contributed by atoms with Gasteiger partial charge in [0.05, 0.1) is 5.92 Å². The molecule has 2 fully saturated rings. The molecule has 0 radical (unpaired) electrons. The van der Waals surface area contributed by atoms with Gasteiger partial charge in [-0.15, -0.1) is 0 Å². The molecule has 0 unspecified atom stereocenters. The van der Waals surface area contributed by atoms with Gasteiger partial charge in [0.25, 0.3) is 0 Å². The van der Waals surface area contributed by atoms with Crippen LogP contribution in [0.15, 0.2) is 11.6 Å². The van der Waals surface area contributed by atoms with E-state index in [4.69, 9.17) is 5.11 Å².